The summed E-state index contributed by atoms with van der Waals surface area (Å²) in [6, 6.07) is 4.84. The molecule has 1 aliphatic heterocycles. The highest BCUT2D eigenvalue weighted by Gasteiger charge is 2.29. The van der Waals surface area contributed by atoms with Gasteiger partial charge in [0.05, 0.1) is 32.1 Å². The van der Waals surface area contributed by atoms with Crippen molar-refractivity contribution in [3.05, 3.63) is 23.9 Å². The van der Waals surface area contributed by atoms with Gasteiger partial charge in [-0.25, -0.2) is 9.59 Å². The van der Waals surface area contributed by atoms with Gasteiger partial charge in [-0.3, -0.25) is 9.69 Å². The lowest BCUT2D eigenvalue weighted by Crippen LogP contribution is -2.54. The van der Waals surface area contributed by atoms with Gasteiger partial charge in [-0.15, -0.1) is 0 Å². The predicted octanol–water partition coefficient (Wildman–Crippen LogP) is 2.45. The fraction of sp³-hybridized carbons (Fsp3) is 0.500. The third-order valence-corrected chi connectivity index (χ3v) is 5.50. The van der Waals surface area contributed by atoms with Gasteiger partial charge in [0.25, 0.3) is 0 Å². The first-order valence-electron chi connectivity index (χ1n) is 10.7. The molecule has 0 unspecified atom stereocenters. The molecule has 0 bridgehead atoms. The molecule has 174 valence electrons. The van der Waals surface area contributed by atoms with E-state index in [1.54, 1.807) is 51.0 Å². The molecule has 1 atom stereocenters. The van der Waals surface area contributed by atoms with Crippen molar-refractivity contribution in [1.29, 1.82) is 0 Å². The first-order chi connectivity index (χ1) is 15.4. The Morgan fingerprint density at radius 2 is 1.78 bits per heavy atom. The number of aromatic amines is 1. The van der Waals surface area contributed by atoms with E-state index in [0.29, 0.717) is 55.1 Å². The zero-order valence-electron chi connectivity index (χ0n) is 18.9. The van der Waals surface area contributed by atoms with Gasteiger partial charge in [0.15, 0.2) is 0 Å². The fourth-order valence-electron chi connectivity index (χ4n) is 3.68. The van der Waals surface area contributed by atoms with Crippen molar-refractivity contribution in [3.8, 4) is 5.75 Å². The number of nitrogens with one attached hydrogen (secondary N) is 2. The predicted molar refractivity (Wildman–Crippen MR) is 119 cm³/mol. The van der Waals surface area contributed by atoms with Crippen LogP contribution in [0.1, 0.15) is 31.3 Å². The molecule has 0 radical (unpaired) electrons. The third kappa shape index (κ3) is 4.96. The van der Waals surface area contributed by atoms with Gasteiger partial charge < -0.3 is 29.4 Å². The Kier molecular flexibility index (Phi) is 7.57. The molecule has 1 fully saturated rings. The number of rotatable bonds is 7. The molecule has 2 heterocycles. The average Bonchev–Trinajstić information content (AvgIpc) is 3.16. The summed E-state index contributed by atoms with van der Waals surface area (Å²) in [7, 11) is 1.55. The van der Waals surface area contributed by atoms with E-state index >= 15 is 0 Å². The normalized spacial score (nSPS) is 15.3. The van der Waals surface area contributed by atoms with Crippen molar-refractivity contribution in [2.24, 2.45) is 0 Å². The van der Waals surface area contributed by atoms with E-state index in [9.17, 15) is 14.4 Å². The first-order valence-corrected chi connectivity index (χ1v) is 10.7. The quantitative estimate of drug-likeness (QED) is 0.628. The van der Waals surface area contributed by atoms with E-state index in [4.69, 9.17) is 14.2 Å². The Hall–Kier alpha value is -3.27. The van der Waals surface area contributed by atoms with Gasteiger partial charge in [0.2, 0.25) is 5.91 Å². The Balaban J connectivity index is 1.77. The molecule has 2 amide bonds. The Bertz CT molecular complexity index is 980. The lowest BCUT2D eigenvalue weighted by atomic mass is 10.1. The Labute approximate surface area is 186 Å². The summed E-state index contributed by atoms with van der Waals surface area (Å²) in [5, 5.41) is 3.55. The molecule has 10 heteroatoms. The maximum absolute atomic E-state index is 13.1. The number of amides is 2. The molecule has 10 nitrogen and oxygen atoms in total. The zero-order valence-corrected chi connectivity index (χ0v) is 18.9. The van der Waals surface area contributed by atoms with Gasteiger partial charge in [0.1, 0.15) is 11.4 Å². The highest BCUT2D eigenvalue weighted by atomic mass is 16.6. The fourth-order valence-corrected chi connectivity index (χ4v) is 3.68. The van der Waals surface area contributed by atoms with Gasteiger partial charge >= 0.3 is 12.1 Å². The van der Waals surface area contributed by atoms with Crippen molar-refractivity contribution in [2.75, 3.05) is 51.8 Å². The number of fused-ring (bicyclic) bond motifs is 1. The standard InChI is InChI=1S/C22H30N4O6/c1-5-31-21(28)19-18(16-13-15(30-4)7-8-17(16)23-19)24-20(27)14(3)25-9-11-26(12-10-25)22(29)32-6-2/h7-8,13-14,23H,5-6,9-12H2,1-4H3,(H,24,27)/t14-/m0/s1. The number of piperazine rings is 1. The Morgan fingerprint density at radius 3 is 2.41 bits per heavy atom. The minimum absolute atomic E-state index is 0.183. The second-order valence-corrected chi connectivity index (χ2v) is 7.39. The van der Waals surface area contributed by atoms with Crippen molar-refractivity contribution < 1.29 is 28.6 Å². The summed E-state index contributed by atoms with van der Waals surface area (Å²) >= 11 is 0. The zero-order chi connectivity index (χ0) is 23.3. The van der Waals surface area contributed by atoms with E-state index in [1.807, 2.05) is 4.90 Å². The summed E-state index contributed by atoms with van der Waals surface area (Å²) in [5.41, 5.74) is 1.22. The molecular formula is C22H30N4O6. The second-order valence-electron chi connectivity index (χ2n) is 7.39. The molecule has 32 heavy (non-hydrogen) atoms. The van der Waals surface area contributed by atoms with E-state index in [0.717, 1.165) is 0 Å². The van der Waals surface area contributed by atoms with Crippen LogP contribution in [-0.2, 0) is 14.3 Å². The number of carbonyl (C=O) groups is 3. The molecule has 0 spiro atoms. The number of hydrogen-bond donors (Lipinski definition) is 2. The van der Waals surface area contributed by atoms with Crippen LogP contribution in [0, 0.1) is 0 Å². The van der Waals surface area contributed by atoms with Crippen LogP contribution in [0.4, 0.5) is 10.5 Å². The summed E-state index contributed by atoms with van der Waals surface area (Å²) in [4.78, 5) is 44.2. The number of hydrogen-bond acceptors (Lipinski definition) is 7. The van der Waals surface area contributed by atoms with Gasteiger partial charge in [-0.05, 0) is 39.0 Å². The summed E-state index contributed by atoms with van der Waals surface area (Å²) < 4.78 is 15.5. The maximum atomic E-state index is 13.1. The Morgan fingerprint density at radius 1 is 1.09 bits per heavy atom. The molecule has 1 aromatic heterocycles. The summed E-state index contributed by atoms with van der Waals surface area (Å²) in [5.74, 6) is -0.205. The van der Waals surface area contributed by atoms with Crippen LogP contribution >= 0.6 is 0 Å². The number of methoxy groups -OCH3 is 1. The van der Waals surface area contributed by atoms with Gasteiger partial charge in [-0.2, -0.15) is 0 Å². The topological polar surface area (TPSA) is 113 Å². The van der Waals surface area contributed by atoms with Gasteiger partial charge in [-0.1, -0.05) is 0 Å². The van der Waals surface area contributed by atoms with Crippen LogP contribution in [0.5, 0.6) is 5.75 Å². The van der Waals surface area contributed by atoms with Crippen molar-refractivity contribution in [1.82, 2.24) is 14.8 Å². The van der Waals surface area contributed by atoms with Crippen molar-refractivity contribution >= 4 is 34.6 Å². The minimum Gasteiger partial charge on any atom is -0.497 e. The average molecular weight is 447 g/mol. The van der Waals surface area contributed by atoms with Crippen LogP contribution in [0.2, 0.25) is 0 Å². The number of benzene rings is 1. The number of anilines is 1. The van der Waals surface area contributed by atoms with E-state index < -0.39 is 12.0 Å². The first kappa shape index (κ1) is 23.4. The number of aromatic nitrogens is 1. The number of H-pyrrole nitrogens is 1. The maximum Gasteiger partial charge on any atom is 0.409 e. The largest absolute Gasteiger partial charge is 0.497 e. The highest BCUT2D eigenvalue weighted by molar-refractivity contribution is 6.12. The smallest absolute Gasteiger partial charge is 0.409 e. The van der Waals surface area contributed by atoms with E-state index in [1.165, 1.54) is 0 Å². The lowest BCUT2D eigenvalue weighted by molar-refractivity contribution is -0.121. The molecule has 0 aliphatic carbocycles. The van der Waals surface area contributed by atoms with Crippen molar-refractivity contribution in [3.63, 3.8) is 0 Å². The molecule has 1 aromatic carbocycles. The van der Waals surface area contributed by atoms with Crippen LogP contribution in [0.25, 0.3) is 10.9 Å². The number of carbonyl (C=O) groups excluding carboxylic acids is 3. The lowest BCUT2D eigenvalue weighted by Gasteiger charge is -2.36. The molecule has 0 saturated carbocycles. The summed E-state index contributed by atoms with van der Waals surface area (Å²) in [6.07, 6.45) is -0.337. The van der Waals surface area contributed by atoms with E-state index in [2.05, 4.69) is 10.3 Å². The monoisotopic (exact) mass is 446 g/mol. The molecule has 1 aliphatic rings. The number of esters is 1. The summed E-state index contributed by atoms with van der Waals surface area (Å²) in [6.45, 7) is 7.88. The number of ether oxygens (including phenoxy) is 3. The minimum atomic E-state index is -0.548. The molecule has 2 aromatic rings. The van der Waals surface area contributed by atoms with E-state index in [-0.39, 0.29) is 24.3 Å². The van der Waals surface area contributed by atoms with Crippen molar-refractivity contribution in [2.45, 2.75) is 26.8 Å². The highest BCUT2D eigenvalue weighted by Crippen LogP contribution is 2.32. The molecular weight excluding hydrogens is 416 g/mol. The number of nitrogens with zero attached hydrogens (tertiary/aromatic N) is 2. The molecule has 1 saturated heterocycles. The van der Waals surface area contributed by atoms with Gasteiger partial charge in [0, 0.05) is 37.1 Å². The van der Waals surface area contributed by atoms with Crippen LogP contribution in [-0.4, -0.2) is 85.3 Å². The second kappa shape index (κ2) is 10.4. The van der Waals surface area contributed by atoms with Crippen LogP contribution in [0.15, 0.2) is 18.2 Å². The van der Waals surface area contributed by atoms with Crippen LogP contribution in [0.3, 0.4) is 0 Å². The van der Waals surface area contributed by atoms with Crippen LogP contribution < -0.4 is 10.1 Å². The SMILES string of the molecule is CCOC(=O)c1[nH]c2ccc(OC)cc2c1NC(=O)[C@H](C)N1CCN(C(=O)OCC)CC1. The molecule has 2 N–H and O–H groups in total. The molecule has 3 rings (SSSR count). The third-order valence-electron chi connectivity index (χ3n) is 5.50.